The fourth-order valence-corrected chi connectivity index (χ4v) is 2.51. The van der Waals surface area contributed by atoms with Crippen molar-refractivity contribution in [2.24, 2.45) is 0 Å². The van der Waals surface area contributed by atoms with Gasteiger partial charge in [0, 0.05) is 0 Å². The second-order valence-electron chi connectivity index (χ2n) is 5.94. The molecule has 0 aromatic heterocycles. The lowest BCUT2D eigenvalue weighted by Gasteiger charge is -2.18. The van der Waals surface area contributed by atoms with Gasteiger partial charge in [0.2, 0.25) is 0 Å². The summed E-state index contributed by atoms with van der Waals surface area (Å²) in [7, 11) is 1.48. The number of hydrogen-bond acceptors (Lipinski definition) is 5. The van der Waals surface area contributed by atoms with Gasteiger partial charge < -0.3 is 20.1 Å². The minimum atomic E-state index is -1.07. The van der Waals surface area contributed by atoms with E-state index in [1.807, 2.05) is 0 Å². The number of nitrogens with one attached hydrogen (secondary N) is 2. The molecule has 0 heterocycles. The number of carbonyl (C=O) groups excluding carboxylic acids is 3. The predicted molar refractivity (Wildman–Crippen MR) is 106 cm³/mol. The molecule has 2 aromatic carbocycles. The van der Waals surface area contributed by atoms with Crippen LogP contribution in [0.1, 0.15) is 24.2 Å². The average Bonchev–Trinajstić information content (AvgIpc) is 2.68. The van der Waals surface area contributed by atoms with E-state index < -0.39 is 29.9 Å². The molecule has 28 heavy (non-hydrogen) atoms. The zero-order valence-corrected chi connectivity index (χ0v) is 16.4. The lowest BCUT2D eigenvalue weighted by Crippen LogP contribution is -2.42. The van der Waals surface area contributed by atoms with Crippen LogP contribution in [0.5, 0.6) is 5.75 Å². The van der Waals surface area contributed by atoms with E-state index in [0.717, 1.165) is 0 Å². The minimum Gasteiger partial charge on any atom is -0.495 e. The van der Waals surface area contributed by atoms with Crippen LogP contribution in [0, 0.1) is 0 Å². The number of halogens is 1. The Morgan fingerprint density at radius 1 is 1.00 bits per heavy atom. The van der Waals surface area contributed by atoms with E-state index in [0.29, 0.717) is 11.4 Å². The molecule has 0 bridgehead atoms. The summed E-state index contributed by atoms with van der Waals surface area (Å²) in [4.78, 5) is 36.7. The number of amides is 2. The fraction of sp³-hybridized carbons (Fsp3) is 0.250. The van der Waals surface area contributed by atoms with Gasteiger partial charge in [0.05, 0.1) is 23.4 Å². The highest BCUT2D eigenvalue weighted by molar-refractivity contribution is 6.33. The van der Waals surface area contributed by atoms with Crippen molar-refractivity contribution in [2.75, 3.05) is 12.4 Å². The highest BCUT2D eigenvalue weighted by Crippen LogP contribution is 2.23. The Bertz CT molecular complexity index is 871. The first-order chi connectivity index (χ1) is 13.3. The average molecular weight is 405 g/mol. The highest BCUT2D eigenvalue weighted by atomic mass is 35.5. The summed E-state index contributed by atoms with van der Waals surface area (Å²) >= 11 is 5.97. The summed E-state index contributed by atoms with van der Waals surface area (Å²) in [5.74, 6) is -1.30. The minimum absolute atomic E-state index is 0.241. The summed E-state index contributed by atoms with van der Waals surface area (Å²) in [6.07, 6.45) is -1.07. The van der Waals surface area contributed by atoms with Gasteiger partial charge in [-0.25, -0.2) is 4.79 Å². The molecular formula is C20H21ClN2O5. The van der Waals surface area contributed by atoms with Crippen molar-refractivity contribution in [1.82, 2.24) is 5.32 Å². The molecule has 2 atom stereocenters. The Morgan fingerprint density at radius 2 is 1.64 bits per heavy atom. The van der Waals surface area contributed by atoms with Crippen LogP contribution in [-0.2, 0) is 14.3 Å². The van der Waals surface area contributed by atoms with Crippen molar-refractivity contribution in [3.8, 4) is 5.75 Å². The monoisotopic (exact) mass is 404 g/mol. The van der Waals surface area contributed by atoms with Gasteiger partial charge in [-0.3, -0.25) is 9.59 Å². The van der Waals surface area contributed by atoms with E-state index in [1.54, 1.807) is 48.5 Å². The number of anilines is 1. The third-order valence-corrected chi connectivity index (χ3v) is 4.18. The largest absolute Gasteiger partial charge is 0.495 e. The lowest BCUT2D eigenvalue weighted by atomic mass is 10.2. The molecule has 0 radical (unpaired) electrons. The Labute approximate surface area is 168 Å². The van der Waals surface area contributed by atoms with Gasteiger partial charge in [-0.1, -0.05) is 35.9 Å². The van der Waals surface area contributed by atoms with Crippen molar-refractivity contribution in [2.45, 2.75) is 26.0 Å². The molecule has 2 aromatic rings. The number of rotatable bonds is 7. The summed E-state index contributed by atoms with van der Waals surface area (Å²) in [6.45, 7) is 2.90. The zero-order valence-electron chi connectivity index (χ0n) is 15.7. The summed E-state index contributed by atoms with van der Waals surface area (Å²) < 4.78 is 10.3. The van der Waals surface area contributed by atoms with Crippen molar-refractivity contribution in [3.63, 3.8) is 0 Å². The van der Waals surface area contributed by atoms with Gasteiger partial charge in [-0.05, 0) is 38.1 Å². The van der Waals surface area contributed by atoms with Gasteiger partial charge in [-0.2, -0.15) is 0 Å². The number of benzene rings is 2. The molecule has 2 rings (SSSR count). The van der Waals surface area contributed by atoms with Crippen molar-refractivity contribution in [3.05, 3.63) is 59.1 Å². The van der Waals surface area contributed by atoms with Crippen LogP contribution < -0.4 is 15.4 Å². The number of para-hydroxylation sites is 2. The van der Waals surface area contributed by atoms with Crippen LogP contribution in [-0.4, -0.2) is 37.0 Å². The maximum Gasteiger partial charge on any atom is 0.329 e. The molecule has 0 saturated heterocycles. The third kappa shape index (κ3) is 5.47. The summed E-state index contributed by atoms with van der Waals surface area (Å²) in [6, 6.07) is 12.4. The molecule has 0 saturated carbocycles. The Morgan fingerprint density at radius 3 is 2.32 bits per heavy atom. The molecule has 8 heteroatoms. The number of ether oxygens (including phenoxy) is 2. The van der Waals surface area contributed by atoms with Crippen LogP contribution in [0.15, 0.2) is 48.5 Å². The second-order valence-corrected chi connectivity index (χ2v) is 6.35. The van der Waals surface area contributed by atoms with Gasteiger partial charge in [0.25, 0.3) is 11.8 Å². The smallest absolute Gasteiger partial charge is 0.329 e. The molecule has 7 nitrogen and oxygen atoms in total. The maximum absolute atomic E-state index is 12.3. The first-order valence-electron chi connectivity index (χ1n) is 8.53. The topological polar surface area (TPSA) is 93.7 Å². The summed E-state index contributed by atoms with van der Waals surface area (Å²) in [5, 5.41) is 5.40. The second kappa shape index (κ2) is 9.75. The Hall–Kier alpha value is -3.06. The normalized spacial score (nSPS) is 12.4. The van der Waals surface area contributed by atoms with Crippen molar-refractivity contribution < 1.29 is 23.9 Å². The van der Waals surface area contributed by atoms with Crippen molar-refractivity contribution in [1.29, 1.82) is 0 Å². The van der Waals surface area contributed by atoms with E-state index in [1.165, 1.54) is 21.0 Å². The van der Waals surface area contributed by atoms with E-state index in [4.69, 9.17) is 21.1 Å². The van der Waals surface area contributed by atoms with Crippen molar-refractivity contribution >= 4 is 35.1 Å². The first kappa shape index (κ1) is 21.2. The van der Waals surface area contributed by atoms with Gasteiger partial charge in [0.1, 0.15) is 11.8 Å². The van der Waals surface area contributed by atoms with Crippen LogP contribution in [0.4, 0.5) is 5.69 Å². The third-order valence-electron chi connectivity index (χ3n) is 3.85. The molecule has 0 aliphatic rings. The molecule has 148 valence electrons. The SMILES string of the molecule is COc1ccccc1NC(=O)C(C)OC(=O)C(C)NC(=O)c1ccccc1Cl. The molecule has 2 unspecified atom stereocenters. The van der Waals surface area contributed by atoms with E-state index in [2.05, 4.69) is 10.6 Å². The van der Waals surface area contributed by atoms with E-state index in [9.17, 15) is 14.4 Å². The number of hydrogen-bond donors (Lipinski definition) is 2. The Kier molecular flexibility index (Phi) is 7.40. The lowest BCUT2D eigenvalue weighted by molar-refractivity contribution is -0.154. The summed E-state index contributed by atoms with van der Waals surface area (Å²) in [5.41, 5.74) is 0.698. The van der Waals surface area contributed by atoms with Crippen LogP contribution >= 0.6 is 11.6 Å². The molecular weight excluding hydrogens is 384 g/mol. The zero-order chi connectivity index (χ0) is 20.7. The molecule has 2 N–H and O–H groups in total. The highest BCUT2D eigenvalue weighted by Gasteiger charge is 2.24. The first-order valence-corrected chi connectivity index (χ1v) is 8.91. The number of carbonyl (C=O) groups is 3. The number of esters is 1. The van der Waals surface area contributed by atoms with Crippen LogP contribution in [0.2, 0.25) is 5.02 Å². The van der Waals surface area contributed by atoms with Gasteiger partial charge >= 0.3 is 5.97 Å². The van der Waals surface area contributed by atoms with Crippen LogP contribution in [0.3, 0.4) is 0 Å². The maximum atomic E-state index is 12.3. The molecule has 0 spiro atoms. The van der Waals surface area contributed by atoms with E-state index >= 15 is 0 Å². The molecule has 0 aliphatic heterocycles. The van der Waals surface area contributed by atoms with Gasteiger partial charge in [-0.15, -0.1) is 0 Å². The number of methoxy groups -OCH3 is 1. The quantitative estimate of drug-likeness (QED) is 0.692. The predicted octanol–water partition coefficient (Wildman–Crippen LogP) is 3.04. The Balaban J connectivity index is 1.92. The fourth-order valence-electron chi connectivity index (χ4n) is 2.29. The van der Waals surface area contributed by atoms with E-state index in [-0.39, 0.29) is 10.6 Å². The molecule has 2 amide bonds. The van der Waals surface area contributed by atoms with Gasteiger partial charge in [0.15, 0.2) is 6.10 Å². The van der Waals surface area contributed by atoms with Crippen LogP contribution in [0.25, 0.3) is 0 Å². The molecule has 0 fully saturated rings. The standard InChI is InChI=1S/C20H21ClN2O5/c1-12(22-19(25)14-8-4-5-9-15(14)21)20(26)28-13(2)18(24)23-16-10-6-7-11-17(16)27-3/h4-13H,1-3H3,(H,22,25)(H,23,24). The molecule has 0 aliphatic carbocycles.